The van der Waals surface area contributed by atoms with Crippen LogP contribution in [-0.2, 0) is 65.4 Å². The molecule has 0 bridgehead atoms. The summed E-state index contributed by atoms with van der Waals surface area (Å²) in [6.07, 6.45) is 40.4. The van der Waals surface area contributed by atoms with Gasteiger partial charge in [0.1, 0.15) is 19.3 Å². The maximum Gasteiger partial charge on any atom is 0.472 e. The van der Waals surface area contributed by atoms with E-state index in [-0.39, 0.29) is 25.7 Å². The van der Waals surface area contributed by atoms with Crippen LogP contribution >= 0.6 is 15.6 Å². The number of ether oxygens (including phenoxy) is 4. The molecule has 0 amide bonds. The number of carbonyl (C=O) groups is 4. The molecule has 0 heterocycles. The van der Waals surface area contributed by atoms with Gasteiger partial charge >= 0.3 is 39.5 Å². The molecule has 4 unspecified atom stereocenters. The minimum absolute atomic E-state index is 0.101. The Morgan fingerprint density at radius 1 is 0.318 bits per heavy atom. The van der Waals surface area contributed by atoms with E-state index in [4.69, 9.17) is 37.0 Å². The van der Waals surface area contributed by atoms with Crippen molar-refractivity contribution >= 4 is 39.5 Å². The summed E-state index contributed by atoms with van der Waals surface area (Å²) in [6, 6.07) is 0. The predicted molar refractivity (Wildman–Crippen MR) is 354 cm³/mol. The van der Waals surface area contributed by atoms with Crippen LogP contribution < -0.4 is 0 Å². The maximum atomic E-state index is 13.0. The van der Waals surface area contributed by atoms with Crippen LogP contribution in [0.4, 0.5) is 0 Å². The van der Waals surface area contributed by atoms with E-state index in [2.05, 4.69) is 55.4 Å². The highest BCUT2D eigenvalue weighted by atomic mass is 31.2. The van der Waals surface area contributed by atoms with E-state index in [0.717, 1.165) is 114 Å². The molecule has 0 aliphatic rings. The van der Waals surface area contributed by atoms with Crippen molar-refractivity contribution in [1.29, 1.82) is 0 Å². The second-order valence-electron chi connectivity index (χ2n) is 26.4. The van der Waals surface area contributed by atoms with Gasteiger partial charge in [0.15, 0.2) is 12.2 Å². The molecule has 0 aromatic heterocycles. The van der Waals surface area contributed by atoms with Gasteiger partial charge in [0.05, 0.1) is 26.4 Å². The molecule has 0 saturated heterocycles. The molecule has 0 rings (SSSR count). The van der Waals surface area contributed by atoms with Gasteiger partial charge in [-0.1, -0.05) is 287 Å². The van der Waals surface area contributed by atoms with Crippen molar-refractivity contribution in [2.45, 2.75) is 356 Å². The van der Waals surface area contributed by atoms with Gasteiger partial charge in [-0.2, -0.15) is 0 Å². The molecule has 0 spiro atoms. The Balaban J connectivity index is 5.25. The number of rotatable bonds is 66. The lowest BCUT2D eigenvalue weighted by molar-refractivity contribution is -0.161. The van der Waals surface area contributed by atoms with Crippen LogP contribution in [0.15, 0.2) is 0 Å². The molecule has 19 heteroatoms. The van der Waals surface area contributed by atoms with E-state index in [9.17, 15) is 43.2 Å². The zero-order valence-electron chi connectivity index (χ0n) is 57.3. The summed E-state index contributed by atoms with van der Waals surface area (Å²) in [5.74, 6) is 0.850. The first-order valence-corrected chi connectivity index (χ1v) is 38.8. The third kappa shape index (κ3) is 60.3. The maximum absolute atomic E-state index is 13.0. The average molecular weight is 1300 g/mol. The molecule has 0 aromatic carbocycles. The Morgan fingerprint density at radius 2 is 0.545 bits per heavy atom. The highest BCUT2D eigenvalue weighted by Crippen LogP contribution is 2.45. The average Bonchev–Trinajstić information content (AvgIpc) is 3.50. The van der Waals surface area contributed by atoms with E-state index < -0.39 is 97.5 Å². The lowest BCUT2D eigenvalue weighted by atomic mass is 9.99. The topological polar surface area (TPSA) is 237 Å². The zero-order valence-corrected chi connectivity index (χ0v) is 59.1. The van der Waals surface area contributed by atoms with Crippen LogP contribution in [0.5, 0.6) is 0 Å². The molecule has 0 radical (unpaired) electrons. The van der Waals surface area contributed by atoms with Gasteiger partial charge in [-0.3, -0.25) is 37.3 Å². The Kier molecular flexibility index (Phi) is 57.6. The largest absolute Gasteiger partial charge is 0.472 e. The summed E-state index contributed by atoms with van der Waals surface area (Å²) in [6.45, 7) is 14.0. The Bertz CT molecular complexity index is 1750. The molecule has 0 aliphatic carbocycles. The predicted octanol–water partition coefficient (Wildman–Crippen LogP) is 19.3. The normalized spacial score (nSPS) is 14.9. The third-order valence-electron chi connectivity index (χ3n) is 16.5. The SMILES string of the molecule is CCC(C)CCCCCCCCCCCCC(=O)O[C@H](COC(=O)CCCCCCCCCCCCCCC(C)C)COP(=O)(O)OC[C@@H](O)COP(=O)(O)OC[C@@H](COC(=O)CCCCCCCCC(C)C)OC(=O)CCCCCCCCC(C)CC. The minimum atomic E-state index is -4.95. The standard InChI is InChI=1S/C69H134O17P2/c1-9-61(7)47-39-31-22-18-15-16-20-24-35-43-51-68(73)85-64(55-79-66(71)49-41-33-23-19-14-12-11-13-17-21-29-37-45-59(3)4)57-83-87(75,76)81-53-63(70)54-82-88(77,78)84-58-65(56-80-67(72)50-42-34-27-25-30-38-46-60(5)6)86-69(74)52-44-36-28-26-32-40-48-62(8)10-2/h59-65,70H,9-58H2,1-8H3,(H,75,76)(H,77,78)/t61?,62?,63-,64-,65-/m1/s1. The van der Waals surface area contributed by atoms with Gasteiger partial charge in [-0.05, 0) is 49.4 Å². The van der Waals surface area contributed by atoms with Crippen molar-refractivity contribution in [2.24, 2.45) is 23.7 Å². The molecule has 522 valence electrons. The molecular weight excluding hydrogens is 1160 g/mol. The number of aliphatic hydroxyl groups excluding tert-OH is 1. The monoisotopic (exact) mass is 1300 g/mol. The van der Waals surface area contributed by atoms with Gasteiger partial charge in [0, 0.05) is 25.7 Å². The van der Waals surface area contributed by atoms with E-state index in [0.29, 0.717) is 31.6 Å². The summed E-state index contributed by atoms with van der Waals surface area (Å²) < 4.78 is 68.2. The van der Waals surface area contributed by atoms with Crippen molar-refractivity contribution in [2.75, 3.05) is 39.6 Å². The van der Waals surface area contributed by atoms with E-state index in [1.807, 2.05) is 0 Å². The molecule has 0 saturated carbocycles. The van der Waals surface area contributed by atoms with Crippen molar-refractivity contribution in [1.82, 2.24) is 0 Å². The summed E-state index contributed by atoms with van der Waals surface area (Å²) in [4.78, 5) is 72.4. The van der Waals surface area contributed by atoms with Gasteiger partial charge in [-0.15, -0.1) is 0 Å². The number of carbonyl (C=O) groups excluding carboxylic acids is 4. The van der Waals surface area contributed by atoms with Crippen LogP contribution in [0.2, 0.25) is 0 Å². The Hall–Kier alpha value is -1.94. The molecule has 17 nitrogen and oxygen atoms in total. The highest BCUT2D eigenvalue weighted by Gasteiger charge is 2.30. The molecule has 7 atom stereocenters. The smallest absolute Gasteiger partial charge is 0.462 e. The number of unbranched alkanes of at least 4 members (excludes halogenated alkanes) is 30. The van der Waals surface area contributed by atoms with Crippen molar-refractivity contribution in [3.63, 3.8) is 0 Å². The fraction of sp³-hybridized carbons (Fsp3) is 0.942. The first-order valence-electron chi connectivity index (χ1n) is 35.8. The number of aliphatic hydroxyl groups is 1. The summed E-state index contributed by atoms with van der Waals surface area (Å²) in [5, 5.41) is 10.6. The van der Waals surface area contributed by atoms with E-state index in [1.54, 1.807) is 0 Å². The van der Waals surface area contributed by atoms with Crippen LogP contribution in [0.25, 0.3) is 0 Å². The Labute approximate surface area is 537 Å². The first kappa shape index (κ1) is 86.1. The summed E-state index contributed by atoms with van der Waals surface area (Å²) in [7, 11) is -9.90. The van der Waals surface area contributed by atoms with Crippen LogP contribution in [-0.4, -0.2) is 96.7 Å². The Morgan fingerprint density at radius 3 is 0.807 bits per heavy atom. The molecule has 0 aromatic rings. The second kappa shape index (κ2) is 58.8. The van der Waals surface area contributed by atoms with Gasteiger partial charge in [0.2, 0.25) is 0 Å². The number of phosphoric acid groups is 2. The zero-order chi connectivity index (χ0) is 65.4. The molecular formula is C69H134O17P2. The van der Waals surface area contributed by atoms with Gasteiger partial charge < -0.3 is 33.8 Å². The molecule has 3 N–H and O–H groups in total. The van der Waals surface area contributed by atoms with Crippen LogP contribution in [0, 0.1) is 23.7 Å². The number of phosphoric ester groups is 2. The van der Waals surface area contributed by atoms with Crippen molar-refractivity contribution in [3.8, 4) is 0 Å². The first-order chi connectivity index (χ1) is 42.2. The fourth-order valence-electron chi connectivity index (χ4n) is 10.2. The summed E-state index contributed by atoms with van der Waals surface area (Å²) >= 11 is 0. The fourth-order valence-corrected chi connectivity index (χ4v) is 11.8. The number of hydrogen-bond acceptors (Lipinski definition) is 15. The summed E-state index contributed by atoms with van der Waals surface area (Å²) in [5.41, 5.74) is 0. The van der Waals surface area contributed by atoms with Crippen molar-refractivity contribution in [3.05, 3.63) is 0 Å². The quantitative estimate of drug-likeness (QED) is 0.0222. The van der Waals surface area contributed by atoms with Crippen molar-refractivity contribution < 1.29 is 80.2 Å². The third-order valence-corrected chi connectivity index (χ3v) is 18.4. The molecule has 0 aliphatic heterocycles. The highest BCUT2D eigenvalue weighted by molar-refractivity contribution is 7.47. The van der Waals surface area contributed by atoms with Gasteiger partial charge in [0.25, 0.3) is 0 Å². The lowest BCUT2D eigenvalue weighted by Crippen LogP contribution is -2.30. The van der Waals surface area contributed by atoms with Crippen LogP contribution in [0.3, 0.4) is 0 Å². The van der Waals surface area contributed by atoms with E-state index >= 15 is 0 Å². The molecule has 88 heavy (non-hydrogen) atoms. The lowest BCUT2D eigenvalue weighted by Gasteiger charge is -2.21. The number of esters is 4. The minimum Gasteiger partial charge on any atom is -0.462 e. The molecule has 0 fully saturated rings. The second-order valence-corrected chi connectivity index (χ2v) is 29.3. The van der Waals surface area contributed by atoms with Crippen LogP contribution in [0.1, 0.15) is 338 Å². The number of hydrogen-bond donors (Lipinski definition) is 3. The van der Waals surface area contributed by atoms with E-state index in [1.165, 1.54) is 135 Å². The van der Waals surface area contributed by atoms with Gasteiger partial charge in [-0.25, -0.2) is 9.13 Å².